The van der Waals surface area contributed by atoms with Crippen molar-refractivity contribution in [3.63, 3.8) is 0 Å². The van der Waals surface area contributed by atoms with Crippen LogP contribution in [0, 0.1) is 19.9 Å². The molecule has 1 unspecified atom stereocenters. The number of benzene rings is 3. The molecule has 0 aliphatic heterocycles. The topological polar surface area (TPSA) is 26.3 Å². The molecule has 3 rings (SSSR count). The van der Waals surface area contributed by atoms with Crippen molar-refractivity contribution in [1.29, 1.82) is 0 Å². The molecule has 0 N–H and O–H groups in total. The normalized spacial score (nSPS) is 10.1. The molecule has 0 aliphatic rings. The minimum atomic E-state index is -0.333. The molecular weight excluding hydrogens is 416 g/mol. The van der Waals surface area contributed by atoms with Crippen LogP contribution < -0.4 is 4.74 Å². The average Bonchev–Trinajstić information content (AvgIpc) is 2.66. The number of hydrogen-bond donors (Lipinski definition) is 0. The summed E-state index contributed by atoms with van der Waals surface area (Å²) in [5, 5.41) is 0. The summed E-state index contributed by atoms with van der Waals surface area (Å²) in [6.07, 6.45) is 0.867. The molecular formula is C22H20O2PY+2. The molecule has 126 valence electrons. The summed E-state index contributed by atoms with van der Waals surface area (Å²) in [6, 6.07) is 22.2. The molecule has 26 heavy (non-hydrogen) atoms. The quantitative estimate of drug-likeness (QED) is 0.238. The van der Waals surface area contributed by atoms with Gasteiger partial charge in [-0.1, -0.05) is 18.2 Å². The molecule has 0 aromatic heterocycles. The molecule has 0 bridgehead atoms. The van der Waals surface area contributed by atoms with Gasteiger partial charge in [0.1, 0.15) is 5.75 Å². The van der Waals surface area contributed by atoms with E-state index in [1.54, 1.807) is 12.1 Å². The smallest absolute Gasteiger partial charge is 0.423 e. The second-order valence-corrected chi connectivity index (χ2v) is 6.35. The van der Waals surface area contributed by atoms with Crippen LogP contribution in [0.25, 0.3) is 11.1 Å². The number of carbonyl (C=O) groups is 1. The minimum absolute atomic E-state index is 0. The third-order valence-corrected chi connectivity index (χ3v) is 4.87. The van der Waals surface area contributed by atoms with Crippen LogP contribution >= 0.6 is 9.24 Å². The van der Waals surface area contributed by atoms with E-state index in [-0.39, 0.29) is 38.7 Å². The van der Waals surface area contributed by atoms with Gasteiger partial charge in [-0.3, -0.25) is 0 Å². The summed E-state index contributed by atoms with van der Waals surface area (Å²) in [7, 11) is 2.67. The molecule has 3 aromatic rings. The largest absolute Gasteiger partial charge is 3.00 e. The molecule has 0 amide bonds. The predicted octanol–water partition coefficient (Wildman–Crippen LogP) is 5.36. The maximum atomic E-state index is 12.4. The van der Waals surface area contributed by atoms with Crippen molar-refractivity contribution in [3.05, 3.63) is 89.0 Å². The van der Waals surface area contributed by atoms with Gasteiger partial charge in [0.05, 0.1) is 5.56 Å². The van der Waals surface area contributed by atoms with Gasteiger partial charge in [0, 0.05) is 0 Å². The zero-order chi connectivity index (χ0) is 17.8. The minimum Gasteiger partial charge on any atom is -0.423 e. The Hall–Kier alpha value is -1.34. The van der Waals surface area contributed by atoms with Crippen molar-refractivity contribution in [3.8, 4) is 16.9 Å². The van der Waals surface area contributed by atoms with Crippen LogP contribution in [0.15, 0.2) is 60.7 Å². The molecule has 0 aliphatic carbocycles. The third kappa shape index (κ3) is 4.68. The molecule has 3 aromatic carbocycles. The van der Waals surface area contributed by atoms with Gasteiger partial charge in [0.15, 0.2) is 0 Å². The Morgan fingerprint density at radius 1 is 0.962 bits per heavy atom. The summed E-state index contributed by atoms with van der Waals surface area (Å²) < 4.78 is 5.63. The second kappa shape index (κ2) is 9.56. The maximum absolute atomic E-state index is 12.4. The number of rotatable bonds is 4. The fourth-order valence-corrected chi connectivity index (χ4v) is 2.99. The van der Waals surface area contributed by atoms with E-state index >= 15 is 0 Å². The van der Waals surface area contributed by atoms with Gasteiger partial charge < -0.3 is 4.74 Å². The number of carbonyl (C=O) groups excluding carboxylic acids is 1. The van der Waals surface area contributed by atoms with Crippen LogP contribution in [0.3, 0.4) is 0 Å². The first-order valence-corrected chi connectivity index (χ1v) is 8.99. The second-order valence-electron chi connectivity index (χ2n) is 5.94. The summed E-state index contributed by atoms with van der Waals surface area (Å²) in [5.41, 5.74) is 6.07. The van der Waals surface area contributed by atoms with E-state index in [1.807, 2.05) is 62.4 Å². The summed E-state index contributed by atoms with van der Waals surface area (Å²) in [5.74, 6) is 0.267. The van der Waals surface area contributed by atoms with Crippen LogP contribution in [0.2, 0.25) is 0 Å². The van der Waals surface area contributed by atoms with Crippen molar-refractivity contribution in [1.82, 2.24) is 0 Å². The monoisotopic (exact) mass is 436 g/mol. The van der Waals surface area contributed by atoms with E-state index in [4.69, 9.17) is 4.74 Å². The first-order valence-electron chi connectivity index (χ1n) is 8.18. The third-order valence-electron chi connectivity index (χ3n) is 4.39. The van der Waals surface area contributed by atoms with Crippen molar-refractivity contribution in [2.45, 2.75) is 20.0 Å². The van der Waals surface area contributed by atoms with E-state index in [9.17, 15) is 4.79 Å². The van der Waals surface area contributed by atoms with Crippen molar-refractivity contribution in [2.24, 2.45) is 0 Å². The van der Waals surface area contributed by atoms with E-state index in [0.717, 1.165) is 34.0 Å². The standard InChI is InChI=1S/C22H20O2P.Y/c1-15-16(2)21(13-12-20(15)18-6-4-3-5-7-18)24-22(23)19-10-8-17(14-25)9-11-19;/h4-13H,14,25H2,1-2H3;/q-1;+3. The van der Waals surface area contributed by atoms with Crippen molar-refractivity contribution < 1.29 is 42.2 Å². The van der Waals surface area contributed by atoms with Crippen LogP contribution in [0.5, 0.6) is 5.75 Å². The zero-order valence-corrected chi connectivity index (χ0v) is 18.9. The van der Waals surface area contributed by atoms with Crippen LogP contribution in [0.1, 0.15) is 27.0 Å². The first-order chi connectivity index (χ1) is 12.1. The van der Waals surface area contributed by atoms with Gasteiger partial charge in [-0.05, 0) is 60.5 Å². The van der Waals surface area contributed by atoms with E-state index in [0.29, 0.717) is 11.3 Å². The van der Waals surface area contributed by atoms with Crippen LogP contribution in [-0.2, 0) is 38.9 Å². The molecule has 2 nitrogen and oxygen atoms in total. The first kappa shape index (κ1) is 21.0. The summed E-state index contributed by atoms with van der Waals surface area (Å²) in [4.78, 5) is 12.4. The van der Waals surface area contributed by atoms with Gasteiger partial charge in [-0.15, -0.1) is 14.8 Å². The van der Waals surface area contributed by atoms with Gasteiger partial charge in [-0.2, -0.15) is 30.3 Å². The molecule has 0 spiro atoms. The fraction of sp³-hybridized carbons (Fsp3) is 0.136. The number of ether oxygens (including phenoxy) is 1. The Morgan fingerprint density at radius 2 is 1.62 bits per heavy atom. The van der Waals surface area contributed by atoms with E-state index < -0.39 is 0 Å². The molecule has 0 heterocycles. The number of hydrogen-bond acceptors (Lipinski definition) is 2. The molecule has 0 saturated heterocycles. The van der Waals surface area contributed by atoms with E-state index in [1.165, 1.54) is 0 Å². The summed E-state index contributed by atoms with van der Waals surface area (Å²) >= 11 is 0. The van der Waals surface area contributed by atoms with Crippen molar-refractivity contribution in [2.75, 3.05) is 0 Å². The summed E-state index contributed by atoms with van der Waals surface area (Å²) in [6.45, 7) is 4.03. The van der Waals surface area contributed by atoms with Crippen LogP contribution in [0.4, 0.5) is 0 Å². The Labute approximate surface area is 182 Å². The Kier molecular flexibility index (Phi) is 7.71. The fourth-order valence-electron chi connectivity index (χ4n) is 2.72. The molecule has 1 atom stereocenters. The van der Waals surface area contributed by atoms with Crippen LogP contribution in [-0.4, -0.2) is 5.97 Å². The predicted molar refractivity (Wildman–Crippen MR) is 105 cm³/mol. The molecule has 0 saturated carbocycles. The number of esters is 1. The van der Waals surface area contributed by atoms with Gasteiger partial charge in [0.25, 0.3) is 0 Å². The van der Waals surface area contributed by atoms with Crippen molar-refractivity contribution >= 4 is 15.2 Å². The molecule has 0 fully saturated rings. The molecule has 4 heteroatoms. The Morgan fingerprint density at radius 3 is 2.23 bits per heavy atom. The van der Waals surface area contributed by atoms with Gasteiger partial charge >= 0.3 is 38.7 Å². The SMILES string of the molecule is Cc1c(OC(=O)c2ccc(CP)cc2)ccc(-c2cc[c-]cc2)c1C.[Y+3]. The van der Waals surface area contributed by atoms with Gasteiger partial charge in [-0.25, -0.2) is 4.79 Å². The van der Waals surface area contributed by atoms with Gasteiger partial charge in [0.2, 0.25) is 0 Å². The zero-order valence-electron chi connectivity index (χ0n) is 15.0. The maximum Gasteiger partial charge on any atom is 3.00 e. The average molecular weight is 436 g/mol. The Bertz CT molecular complexity index is 890. The Balaban J connectivity index is 0.00000243. The molecule has 0 radical (unpaired) electrons. The van der Waals surface area contributed by atoms with E-state index in [2.05, 4.69) is 15.3 Å².